The maximum absolute atomic E-state index is 12.5. The fourth-order valence-electron chi connectivity index (χ4n) is 2.54. The number of benzene rings is 1. The van der Waals surface area contributed by atoms with Gasteiger partial charge in [0.1, 0.15) is 0 Å². The van der Waals surface area contributed by atoms with Gasteiger partial charge >= 0.3 is 0 Å². The van der Waals surface area contributed by atoms with Gasteiger partial charge in [-0.3, -0.25) is 9.59 Å². The highest BCUT2D eigenvalue weighted by molar-refractivity contribution is 6.42. The fraction of sp³-hybridized carbons (Fsp3) is 0.263. The molecule has 1 aromatic carbocycles. The molecule has 0 saturated carbocycles. The van der Waals surface area contributed by atoms with Crippen LogP contribution in [0.5, 0.6) is 5.75 Å². The van der Waals surface area contributed by atoms with E-state index in [1.165, 1.54) is 17.8 Å². The smallest absolute Gasteiger partial charge is 0.293 e. The molecule has 0 radical (unpaired) electrons. The van der Waals surface area contributed by atoms with Crippen LogP contribution < -0.4 is 15.6 Å². The number of hydrogen-bond acceptors (Lipinski definition) is 3. The molecule has 138 valence electrons. The lowest BCUT2D eigenvalue weighted by atomic mass is 10.1. The molecule has 26 heavy (non-hydrogen) atoms. The lowest BCUT2D eigenvalue weighted by Crippen LogP contribution is -2.29. The van der Waals surface area contributed by atoms with Crippen LogP contribution in [-0.4, -0.2) is 24.1 Å². The molecule has 0 bridgehead atoms. The zero-order chi connectivity index (χ0) is 19.3. The largest absolute Gasteiger partial charge is 0.491 e. The van der Waals surface area contributed by atoms with Crippen LogP contribution >= 0.6 is 23.2 Å². The van der Waals surface area contributed by atoms with Crippen molar-refractivity contribution in [1.82, 2.24) is 9.88 Å². The summed E-state index contributed by atoms with van der Waals surface area (Å²) < 4.78 is 6.50. The molecular formula is C19H20Cl2N2O3. The predicted octanol–water partition coefficient (Wildman–Crippen LogP) is 3.71. The summed E-state index contributed by atoms with van der Waals surface area (Å²) in [6.45, 7) is 4.10. The fourth-order valence-corrected chi connectivity index (χ4v) is 2.86. The van der Waals surface area contributed by atoms with Gasteiger partial charge in [0.05, 0.1) is 22.7 Å². The highest BCUT2D eigenvalue weighted by Gasteiger charge is 2.18. The van der Waals surface area contributed by atoms with Crippen molar-refractivity contribution >= 4 is 35.2 Å². The van der Waals surface area contributed by atoms with Crippen LogP contribution in [0.2, 0.25) is 10.0 Å². The molecule has 0 unspecified atom stereocenters. The van der Waals surface area contributed by atoms with Crippen molar-refractivity contribution in [3.8, 4) is 5.75 Å². The Morgan fingerprint density at radius 1 is 1.31 bits per heavy atom. The first-order valence-corrected chi connectivity index (χ1v) is 8.77. The van der Waals surface area contributed by atoms with Crippen molar-refractivity contribution in [3.63, 3.8) is 0 Å². The number of nitrogens with zero attached hydrogens (tertiary/aromatic N) is 1. The molecule has 2 aromatic rings. The Bertz CT molecular complexity index is 891. The number of carbonyl (C=O) groups excluding carboxylic acids is 1. The monoisotopic (exact) mass is 394 g/mol. The second kappa shape index (κ2) is 8.92. The number of amides is 1. The molecule has 1 N–H and O–H groups in total. The third-order valence-corrected chi connectivity index (χ3v) is 4.73. The summed E-state index contributed by atoms with van der Waals surface area (Å²) in [5.41, 5.74) is 1.39. The zero-order valence-corrected chi connectivity index (χ0v) is 16.2. The second-order valence-corrected chi connectivity index (χ2v) is 6.51. The number of aromatic nitrogens is 1. The molecule has 0 atom stereocenters. The van der Waals surface area contributed by atoms with Gasteiger partial charge in [0.25, 0.3) is 11.5 Å². The molecule has 1 heterocycles. The van der Waals surface area contributed by atoms with Crippen molar-refractivity contribution < 1.29 is 9.53 Å². The van der Waals surface area contributed by atoms with E-state index in [9.17, 15) is 9.59 Å². The van der Waals surface area contributed by atoms with Crippen LogP contribution in [-0.2, 0) is 13.5 Å². The first kappa shape index (κ1) is 20.1. The maximum Gasteiger partial charge on any atom is 0.293 e. The second-order valence-electron chi connectivity index (χ2n) is 5.69. The van der Waals surface area contributed by atoms with Crippen molar-refractivity contribution in [2.45, 2.75) is 12.8 Å². The highest BCUT2D eigenvalue weighted by atomic mass is 35.5. The zero-order valence-electron chi connectivity index (χ0n) is 14.6. The number of hydrogen-bond donors (Lipinski definition) is 1. The molecular weight excluding hydrogens is 375 g/mol. The van der Waals surface area contributed by atoms with Crippen LogP contribution in [0.3, 0.4) is 0 Å². The van der Waals surface area contributed by atoms with E-state index < -0.39 is 0 Å². The predicted molar refractivity (Wildman–Crippen MR) is 105 cm³/mol. The maximum atomic E-state index is 12.5. The van der Waals surface area contributed by atoms with Gasteiger partial charge in [0.2, 0.25) is 0 Å². The third-order valence-electron chi connectivity index (χ3n) is 3.99. The van der Waals surface area contributed by atoms with E-state index in [-0.39, 0.29) is 22.8 Å². The van der Waals surface area contributed by atoms with Gasteiger partial charge in [-0.25, -0.2) is 0 Å². The van der Waals surface area contributed by atoms with Crippen LogP contribution in [0.4, 0.5) is 0 Å². The Hall–Kier alpha value is -2.24. The van der Waals surface area contributed by atoms with Gasteiger partial charge in [-0.15, -0.1) is 0 Å². The number of halogens is 2. The number of aryl methyl sites for hydroxylation is 1. The summed E-state index contributed by atoms with van der Waals surface area (Å²) in [4.78, 5) is 24.7. The molecule has 5 nitrogen and oxygen atoms in total. The quantitative estimate of drug-likeness (QED) is 0.728. The van der Waals surface area contributed by atoms with Crippen LogP contribution in [0, 0.1) is 0 Å². The molecule has 2 rings (SSSR count). The summed E-state index contributed by atoms with van der Waals surface area (Å²) in [5.74, 6) is -0.350. The normalized spacial score (nSPS) is 10.5. The summed E-state index contributed by atoms with van der Waals surface area (Å²) >= 11 is 11.9. The molecule has 0 aliphatic carbocycles. The number of rotatable bonds is 7. The number of nitrogens with one attached hydrogen (secondary N) is 1. The molecule has 0 spiro atoms. The van der Waals surface area contributed by atoms with Gasteiger partial charge in [-0.1, -0.05) is 35.8 Å². The Labute approximate surface area is 162 Å². The van der Waals surface area contributed by atoms with E-state index in [0.717, 1.165) is 12.0 Å². The topological polar surface area (TPSA) is 60.3 Å². The van der Waals surface area contributed by atoms with Crippen LogP contribution in [0.25, 0.3) is 6.08 Å². The molecule has 0 saturated heterocycles. The minimum absolute atomic E-state index is 0.0140. The van der Waals surface area contributed by atoms with Gasteiger partial charge in [0.15, 0.2) is 5.75 Å². The number of carbonyl (C=O) groups is 1. The van der Waals surface area contributed by atoms with E-state index in [4.69, 9.17) is 27.9 Å². The van der Waals surface area contributed by atoms with Crippen molar-refractivity contribution in [2.75, 3.05) is 13.7 Å². The SMILES string of the molecule is C=Cc1cc(C(=O)NCCCc2ccc(Cl)c(Cl)c2)c(OC)c(=O)n1C. The minimum Gasteiger partial charge on any atom is -0.491 e. The van der Waals surface area contributed by atoms with E-state index in [1.54, 1.807) is 19.2 Å². The molecule has 0 fully saturated rings. The summed E-state index contributed by atoms with van der Waals surface area (Å²) in [5, 5.41) is 3.83. The van der Waals surface area contributed by atoms with Crippen LogP contribution in [0.1, 0.15) is 28.0 Å². The van der Waals surface area contributed by atoms with Gasteiger partial charge < -0.3 is 14.6 Å². The average Bonchev–Trinajstić information content (AvgIpc) is 2.63. The minimum atomic E-state index is -0.383. The Balaban J connectivity index is 2.03. The van der Waals surface area contributed by atoms with Crippen molar-refractivity contribution in [2.24, 2.45) is 7.05 Å². The van der Waals surface area contributed by atoms with E-state index >= 15 is 0 Å². The Kier molecular flexibility index (Phi) is 6.89. The Morgan fingerprint density at radius 3 is 2.65 bits per heavy atom. The molecule has 1 aromatic heterocycles. The van der Waals surface area contributed by atoms with Gasteiger partial charge in [-0.2, -0.15) is 0 Å². The summed E-state index contributed by atoms with van der Waals surface area (Å²) in [6.07, 6.45) is 2.97. The standard InChI is InChI=1S/C19H20Cl2N2O3/c1-4-13-11-14(17(26-3)19(25)23(13)2)18(24)22-9-5-6-12-7-8-15(20)16(21)10-12/h4,7-8,10-11H,1,5-6,9H2,2-3H3,(H,22,24). The lowest BCUT2D eigenvalue weighted by molar-refractivity contribution is 0.0949. The molecule has 1 amide bonds. The number of ether oxygens (including phenoxy) is 1. The van der Waals surface area contributed by atoms with Crippen molar-refractivity contribution in [3.05, 3.63) is 68.1 Å². The number of methoxy groups -OCH3 is 1. The van der Waals surface area contributed by atoms with E-state index in [0.29, 0.717) is 28.7 Å². The molecule has 7 heteroatoms. The van der Waals surface area contributed by atoms with E-state index in [1.807, 2.05) is 12.1 Å². The van der Waals surface area contributed by atoms with Crippen molar-refractivity contribution in [1.29, 1.82) is 0 Å². The average molecular weight is 395 g/mol. The first-order valence-electron chi connectivity index (χ1n) is 8.01. The Morgan fingerprint density at radius 2 is 2.04 bits per heavy atom. The first-order chi connectivity index (χ1) is 12.4. The molecule has 0 aliphatic heterocycles. The summed E-state index contributed by atoms with van der Waals surface area (Å²) in [6, 6.07) is 7.04. The van der Waals surface area contributed by atoms with Gasteiger partial charge in [-0.05, 0) is 42.7 Å². The molecule has 0 aliphatic rings. The highest BCUT2D eigenvalue weighted by Crippen LogP contribution is 2.23. The van der Waals surface area contributed by atoms with E-state index in [2.05, 4.69) is 11.9 Å². The van der Waals surface area contributed by atoms with Gasteiger partial charge in [0, 0.05) is 19.3 Å². The summed E-state index contributed by atoms with van der Waals surface area (Å²) in [7, 11) is 2.96. The third kappa shape index (κ3) is 4.48. The van der Waals surface area contributed by atoms with Crippen LogP contribution in [0.15, 0.2) is 35.6 Å². The lowest BCUT2D eigenvalue weighted by Gasteiger charge is -2.12. The number of pyridine rings is 1.